The first-order chi connectivity index (χ1) is 14.0. The number of ether oxygens (including phenoxy) is 1. The Morgan fingerprint density at radius 3 is 2.72 bits per heavy atom. The topological polar surface area (TPSA) is 67.4 Å². The van der Waals surface area contributed by atoms with Gasteiger partial charge in [0.15, 0.2) is 5.75 Å². The number of halogens is 1. The molecule has 5 nitrogen and oxygen atoms in total. The molecule has 0 spiro atoms. The van der Waals surface area contributed by atoms with Crippen molar-refractivity contribution in [1.29, 1.82) is 0 Å². The van der Waals surface area contributed by atoms with Gasteiger partial charge in [-0.1, -0.05) is 30.7 Å². The molecule has 4 rings (SSSR count). The van der Waals surface area contributed by atoms with Gasteiger partial charge in [-0.05, 0) is 54.3 Å². The molecule has 0 unspecified atom stereocenters. The van der Waals surface area contributed by atoms with Gasteiger partial charge in [0, 0.05) is 15.6 Å². The molecule has 7 heteroatoms. The van der Waals surface area contributed by atoms with Crippen molar-refractivity contribution in [3.63, 3.8) is 0 Å². The number of benzene rings is 3. The Balaban J connectivity index is 1.61. The van der Waals surface area contributed by atoms with Crippen LogP contribution in [-0.2, 0) is 0 Å². The van der Waals surface area contributed by atoms with Crippen molar-refractivity contribution >= 4 is 46.6 Å². The van der Waals surface area contributed by atoms with E-state index in [2.05, 4.69) is 10.6 Å². The summed E-state index contributed by atoms with van der Waals surface area (Å²) in [5.74, 6) is 1.21. The van der Waals surface area contributed by atoms with Crippen LogP contribution in [0.4, 0.5) is 11.4 Å². The summed E-state index contributed by atoms with van der Waals surface area (Å²) in [7, 11) is 0. The zero-order chi connectivity index (χ0) is 20.4. The quantitative estimate of drug-likeness (QED) is 0.499. The van der Waals surface area contributed by atoms with Crippen LogP contribution in [0.2, 0.25) is 5.02 Å². The fourth-order valence-corrected chi connectivity index (χ4v) is 3.98. The Kier molecular flexibility index (Phi) is 5.47. The number of anilines is 2. The molecule has 2 N–H and O–H groups in total. The third-order valence-corrected chi connectivity index (χ3v) is 5.51. The summed E-state index contributed by atoms with van der Waals surface area (Å²) < 4.78 is 5.87. The largest absolute Gasteiger partial charge is 0.454 e. The number of nitrogens with one attached hydrogen (secondary N) is 2. The SMILES string of the molecule is CCSc1ccccc1C(=O)Nc1ccc2c(c1)C(=O)Nc1cc(Cl)ccc1O2. The van der Waals surface area contributed by atoms with Crippen molar-refractivity contribution in [2.75, 3.05) is 16.4 Å². The average Bonchev–Trinajstić information content (AvgIpc) is 2.84. The van der Waals surface area contributed by atoms with Gasteiger partial charge in [0.1, 0.15) is 5.75 Å². The normalized spacial score (nSPS) is 12.1. The number of hydrogen-bond acceptors (Lipinski definition) is 4. The molecule has 2 amide bonds. The van der Waals surface area contributed by atoms with Crippen LogP contribution in [0.15, 0.2) is 65.6 Å². The van der Waals surface area contributed by atoms with Crippen LogP contribution < -0.4 is 15.4 Å². The van der Waals surface area contributed by atoms with Crippen LogP contribution in [0.3, 0.4) is 0 Å². The summed E-state index contributed by atoms with van der Waals surface area (Å²) in [5.41, 5.74) is 1.92. The van der Waals surface area contributed by atoms with Gasteiger partial charge >= 0.3 is 0 Å². The minimum atomic E-state index is -0.334. The number of fused-ring (bicyclic) bond motifs is 2. The number of amides is 2. The van der Waals surface area contributed by atoms with Gasteiger partial charge in [-0.3, -0.25) is 9.59 Å². The zero-order valence-corrected chi connectivity index (χ0v) is 17.1. The average molecular weight is 425 g/mol. The van der Waals surface area contributed by atoms with Crippen molar-refractivity contribution in [3.8, 4) is 11.5 Å². The van der Waals surface area contributed by atoms with E-state index in [1.807, 2.05) is 25.1 Å². The molecule has 0 saturated heterocycles. The van der Waals surface area contributed by atoms with Gasteiger partial charge < -0.3 is 15.4 Å². The van der Waals surface area contributed by atoms with E-state index >= 15 is 0 Å². The Labute approximate surface area is 177 Å². The number of hydrogen-bond donors (Lipinski definition) is 2. The van der Waals surface area contributed by atoms with Gasteiger partial charge in [0.25, 0.3) is 11.8 Å². The van der Waals surface area contributed by atoms with E-state index in [0.717, 1.165) is 10.6 Å². The minimum Gasteiger partial charge on any atom is -0.454 e. The monoisotopic (exact) mass is 424 g/mol. The van der Waals surface area contributed by atoms with Crippen LogP contribution in [0.25, 0.3) is 0 Å². The Morgan fingerprint density at radius 1 is 1.10 bits per heavy atom. The highest BCUT2D eigenvalue weighted by Gasteiger charge is 2.22. The second-order valence-corrected chi connectivity index (χ2v) is 8.03. The molecule has 0 aromatic heterocycles. The Hall–Kier alpha value is -2.96. The van der Waals surface area contributed by atoms with Crippen molar-refractivity contribution in [1.82, 2.24) is 0 Å². The lowest BCUT2D eigenvalue weighted by atomic mass is 10.1. The van der Waals surface area contributed by atoms with Gasteiger partial charge in [-0.25, -0.2) is 0 Å². The van der Waals surface area contributed by atoms with Gasteiger partial charge in [0.2, 0.25) is 0 Å². The van der Waals surface area contributed by atoms with E-state index < -0.39 is 0 Å². The van der Waals surface area contributed by atoms with Crippen molar-refractivity contribution in [2.24, 2.45) is 0 Å². The molecule has 29 heavy (non-hydrogen) atoms. The number of thioether (sulfide) groups is 1. The van der Waals surface area contributed by atoms with E-state index in [9.17, 15) is 9.59 Å². The molecule has 0 fully saturated rings. The second-order valence-electron chi connectivity index (χ2n) is 6.29. The van der Waals surface area contributed by atoms with Gasteiger partial charge in [-0.2, -0.15) is 0 Å². The van der Waals surface area contributed by atoms with Crippen LogP contribution in [-0.4, -0.2) is 17.6 Å². The lowest BCUT2D eigenvalue weighted by molar-refractivity contribution is 0.101. The van der Waals surface area contributed by atoms with Gasteiger partial charge in [-0.15, -0.1) is 11.8 Å². The maximum atomic E-state index is 12.8. The second kappa shape index (κ2) is 8.19. The van der Waals surface area contributed by atoms with E-state index in [4.69, 9.17) is 16.3 Å². The van der Waals surface area contributed by atoms with Crippen LogP contribution in [0.5, 0.6) is 11.5 Å². The van der Waals surface area contributed by atoms with Crippen LogP contribution in [0.1, 0.15) is 27.6 Å². The third kappa shape index (κ3) is 4.09. The summed E-state index contributed by atoms with van der Waals surface area (Å²) in [4.78, 5) is 26.4. The third-order valence-electron chi connectivity index (χ3n) is 4.32. The van der Waals surface area contributed by atoms with Crippen LogP contribution >= 0.6 is 23.4 Å². The minimum absolute atomic E-state index is 0.230. The van der Waals surface area contributed by atoms with Crippen molar-refractivity contribution in [2.45, 2.75) is 11.8 Å². The lowest BCUT2D eigenvalue weighted by Crippen LogP contribution is -2.15. The fourth-order valence-electron chi connectivity index (χ4n) is 3.01. The molecule has 0 radical (unpaired) electrons. The molecule has 3 aromatic carbocycles. The first kappa shape index (κ1) is 19.4. The molecular weight excluding hydrogens is 408 g/mol. The zero-order valence-electron chi connectivity index (χ0n) is 15.5. The van der Waals surface area contributed by atoms with Gasteiger partial charge in [0.05, 0.1) is 16.8 Å². The molecule has 0 saturated carbocycles. The molecule has 0 bridgehead atoms. The number of carbonyl (C=O) groups is 2. The maximum Gasteiger partial charge on any atom is 0.259 e. The molecule has 1 heterocycles. The summed E-state index contributed by atoms with van der Waals surface area (Å²) in [6, 6.07) is 17.4. The Bertz CT molecular complexity index is 1120. The van der Waals surface area contributed by atoms with Crippen molar-refractivity contribution < 1.29 is 14.3 Å². The highest BCUT2D eigenvalue weighted by molar-refractivity contribution is 7.99. The molecule has 146 valence electrons. The fraction of sp³-hybridized carbons (Fsp3) is 0.0909. The number of rotatable bonds is 4. The highest BCUT2D eigenvalue weighted by atomic mass is 35.5. The van der Waals surface area contributed by atoms with Crippen LogP contribution in [0, 0.1) is 0 Å². The highest BCUT2D eigenvalue weighted by Crippen LogP contribution is 2.38. The molecular formula is C22H17ClN2O3S. The molecule has 0 atom stereocenters. The first-order valence-corrected chi connectivity index (χ1v) is 10.4. The molecule has 1 aliphatic heterocycles. The lowest BCUT2D eigenvalue weighted by Gasteiger charge is -2.11. The van der Waals surface area contributed by atoms with E-state index in [0.29, 0.717) is 39.0 Å². The molecule has 0 aliphatic carbocycles. The summed E-state index contributed by atoms with van der Waals surface area (Å²) in [5, 5.41) is 6.16. The Morgan fingerprint density at radius 2 is 1.90 bits per heavy atom. The van der Waals surface area contributed by atoms with E-state index in [1.54, 1.807) is 54.2 Å². The summed E-state index contributed by atoms with van der Waals surface area (Å²) >= 11 is 7.61. The van der Waals surface area contributed by atoms with Crippen molar-refractivity contribution in [3.05, 3.63) is 76.8 Å². The first-order valence-electron chi connectivity index (χ1n) is 9.01. The summed E-state index contributed by atoms with van der Waals surface area (Å²) in [6.45, 7) is 2.04. The standard InChI is InChI=1S/C22H17ClN2O3S/c1-2-29-20-6-4-3-5-15(20)21(26)24-14-8-10-18-16(12-14)22(27)25-17-11-13(23)7-9-19(17)28-18/h3-12H,2H2,1H3,(H,24,26)(H,25,27). The maximum absolute atomic E-state index is 12.8. The van der Waals surface area contributed by atoms with E-state index in [1.165, 1.54) is 0 Å². The number of carbonyl (C=O) groups excluding carboxylic acids is 2. The smallest absolute Gasteiger partial charge is 0.259 e. The van der Waals surface area contributed by atoms with E-state index in [-0.39, 0.29) is 11.8 Å². The predicted molar refractivity (Wildman–Crippen MR) is 117 cm³/mol. The molecule has 3 aromatic rings. The molecule has 1 aliphatic rings. The summed E-state index contributed by atoms with van der Waals surface area (Å²) in [6.07, 6.45) is 0. The predicted octanol–water partition coefficient (Wildman–Crippen LogP) is 6.06.